The maximum absolute atomic E-state index is 13.0. The van der Waals surface area contributed by atoms with E-state index < -0.39 is 0 Å². The van der Waals surface area contributed by atoms with Gasteiger partial charge in [0.25, 0.3) is 0 Å². The Morgan fingerprint density at radius 3 is 2.71 bits per heavy atom. The zero-order chi connectivity index (χ0) is 10.6. The Labute approximate surface area is 84.1 Å². The van der Waals surface area contributed by atoms with Crippen LogP contribution < -0.4 is 5.32 Å². The molecule has 0 aliphatic heterocycles. The third-order valence-corrected chi connectivity index (χ3v) is 2.04. The summed E-state index contributed by atoms with van der Waals surface area (Å²) >= 11 is 0. The number of hydrogen-bond donors (Lipinski definition) is 1. The number of halogens is 1. The minimum absolute atomic E-state index is 0.124. The van der Waals surface area contributed by atoms with Crippen molar-refractivity contribution in [1.82, 2.24) is 0 Å². The van der Waals surface area contributed by atoms with Crippen LogP contribution in [0.1, 0.15) is 12.5 Å². The van der Waals surface area contributed by atoms with Crippen molar-refractivity contribution in [2.75, 3.05) is 19.0 Å². The Bertz CT molecular complexity index is 281. The van der Waals surface area contributed by atoms with E-state index >= 15 is 0 Å². The highest BCUT2D eigenvalue weighted by atomic mass is 19.1. The number of hydrogen-bond acceptors (Lipinski definition) is 2. The van der Waals surface area contributed by atoms with Gasteiger partial charge in [0.15, 0.2) is 0 Å². The van der Waals surface area contributed by atoms with Crippen LogP contribution in [0.2, 0.25) is 0 Å². The van der Waals surface area contributed by atoms with Crippen molar-refractivity contribution in [3.8, 4) is 0 Å². The first-order valence-corrected chi connectivity index (χ1v) is 4.65. The maximum Gasteiger partial charge on any atom is 0.125 e. The molecule has 1 aromatic carbocycles. The summed E-state index contributed by atoms with van der Waals surface area (Å²) in [5.74, 6) is -0.211. The second-order valence-corrected chi connectivity index (χ2v) is 3.44. The average Bonchev–Trinajstić information content (AvgIpc) is 2.12. The van der Waals surface area contributed by atoms with Gasteiger partial charge >= 0.3 is 0 Å². The maximum atomic E-state index is 13.0. The highest BCUT2D eigenvalue weighted by molar-refractivity contribution is 5.45. The summed E-state index contributed by atoms with van der Waals surface area (Å²) in [6.45, 7) is 4.51. The summed E-state index contributed by atoms with van der Waals surface area (Å²) in [5.41, 5.74) is 1.71. The summed E-state index contributed by atoms with van der Waals surface area (Å²) in [6.07, 6.45) is 0.124. The summed E-state index contributed by atoms with van der Waals surface area (Å²) in [7, 11) is 1.66. The molecule has 0 bridgehead atoms. The van der Waals surface area contributed by atoms with Gasteiger partial charge in [0.05, 0.1) is 6.10 Å². The predicted octanol–water partition coefficient (Wildman–Crippen LogP) is 2.58. The van der Waals surface area contributed by atoms with Crippen molar-refractivity contribution in [1.29, 1.82) is 0 Å². The number of anilines is 1. The van der Waals surface area contributed by atoms with Crippen LogP contribution in [0, 0.1) is 12.7 Å². The molecule has 0 aliphatic rings. The molecule has 3 heteroatoms. The van der Waals surface area contributed by atoms with E-state index in [2.05, 4.69) is 5.32 Å². The van der Waals surface area contributed by atoms with Gasteiger partial charge in [-0.05, 0) is 37.6 Å². The van der Waals surface area contributed by atoms with Crippen molar-refractivity contribution >= 4 is 5.69 Å². The van der Waals surface area contributed by atoms with E-state index in [9.17, 15) is 4.39 Å². The molecule has 0 aliphatic carbocycles. The lowest BCUT2D eigenvalue weighted by Gasteiger charge is -2.12. The van der Waals surface area contributed by atoms with Crippen molar-refractivity contribution < 1.29 is 9.13 Å². The van der Waals surface area contributed by atoms with Crippen molar-refractivity contribution in [3.05, 3.63) is 29.6 Å². The normalized spacial score (nSPS) is 12.6. The smallest absolute Gasteiger partial charge is 0.125 e. The summed E-state index contributed by atoms with van der Waals surface area (Å²) < 4.78 is 18.0. The molecular formula is C11H16FNO. The predicted molar refractivity (Wildman–Crippen MR) is 56.1 cm³/mol. The fourth-order valence-electron chi connectivity index (χ4n) is 1.18. The van der Waals surface area contributed by atoms with Gasteiger partial charge in [-0.2, -0.15) is 0 Å². The van der Waals surface area contributed by atoms with Crippen molar-refractivity contribution in [2.45, 2.75) is 20.0 Å². The number of methoxy groups -OCH3 is 1. The first-order valence-electron chi connectivity index (χ1n) is 4.65. The molecule has 1 aromatic rings. The SMILES string of the molecule is COC(C)CNc1cc(C)cc(F)c1. The molecule has 1 unspecified atom stereocenters. The Kier molecular flexibility index (Phi) is 3.89. The first-order chi connectivity index (χ1) is 6.61. The fourth-order valence-corrected chi connectivity index (χ4v) is 1.18. The van der Waals surface area contributed by atoms with Crippen LogP contribution in [0.25, 0.3) is 0 Å². The molecule has 0 amide bonds. The quantitative estimate of drug-likeness (QED) is 0.801. The lowest BCUT2D eigenvalue weighted by molar-refractivity contribution is 0.129. The standard InChI is InChI=1S/C11H16FNO/c1-8-4-10(12)6-11(5-8)13-7-9(2)14-3/h4-6,9,13H,7H2,1-3H3. The van der Waals surface area contributed by atoms with Gasteiger partial charge < -0.3 is 10.1 Å². The third kappa shape index (κ3) is 3.34. The summed E-state index contributed by atoms with van der Waals surface area (Å²) in [5, 5.41) is 3.11. The van der Waals surface area contributed by atoms with Crippen molar-refractivity contribution in [2.24, 2.45) is 0 Å². The van der Waals surface area contributed by atoms with E-state index in [1.807, 2.05) is 19.9 Å². The number of benzene rings is 1. The van der Waals surface area contributed by atoms with E-state index in [-0.39, 0.29) is 11.9 Å². The molecule has 0 spiro atoms. The molecule has 0 fully saturated rings. The van der Waals surface area contributed by atoms with Crippen molar-refractivity contribution in [3.63, 3.8) is 0 Å². The second kappa shape index (κ2) is 4.96. The number of aryl methyl sites for hydroxylation is 1. The Hall–Kier alpha value is -1.09. The molecule has 0 heterocycles. The van der Waals surface area contributed by atoms with Gasteiger partial charge in [0.1, 0.15) is 5.82 Å². The van der Waals surface area contributed by atoms with Gasteiger partial charge in [-0.3, -0.25) is 0 Å². The lowest BCUT2D eigenvalue weighted by atomic mass is 10.2. The molecule has 78 valence electrons. The van der Waals surface area contributed by atoms with E-state index in [1.54, 1.807) is 7.11 Å². The highest BCUT2D eigenvalue weighted by Gasteiger charge is 2.00. The average molecular weight is 197 g/mol. The van der Waals surface area contributed by atoms with Gasteiger partial charge in [-0.1, -0.05) is 0 Å². The van der Waals surface area contributed by atoms with Crippen LogP contribution in [0.3, 0.4) is 0 Å². The van der Waals surface area contributed by atoms with E-state index in [0.717, 1.165) is 11.3 Å². The molecule has 2 nitrogen and oxygen atoms in total. The zero-order valence-corrected chi connectivity index (χ0v) is 8.80. The van der Waals surface area contributed by atoms with Crippen LogP contribution >= 0.6 is 0 Å². The Morgan fingerprint density at radius 2 is 2.14 bits per heavy atom. The van der Waals surface area contributed by atoms with Crippen LogP contribution in [-0.2, 0) is 4.74 Å². The monoisotopic (exact) mass is 197 g/mol. The van der Waals surface area contributed by atoms with Crippen LogP contribution in [0.5, 0.6) is 0 Å². The van der Waals surface area contributed by atoms with Gasteiger partial charge in [0.2, 0.25) is 0 Å². The van der Waals surface area contributed by atoms with Crippen LogP contribution in [0.15, 0.2) is 18.2 Å². The third-order valence-electron chi connectivity index (χ3n) is 2.04. The number of rotatable bonds is 4. The highest BCUT2D eigenvalue weighted by Crippen LogP contribution is 2.13. The largest absolute Gasteiger partial charge is 0.382 e. The number of nitrogens with one attached hydrogen (secondary N) is 1. The Balaban J connectivity index is 2.58. The first kappa shape index (κ1) is 11.0. The Morgan fingerprint density at radius 1 is 1.43 bits per heavy atom. The van der Waals surface area contributed by atoms with Gasteiger partial charge in [-0.15, -0.1) is 0 Å². The second-order valence-electron chi connectivity index (χ2n) is 3.44. The molecule has 0 saturated heterocycles. The van der Waals surface area contributed by atoms with E-state index in [1.165, 1.54) is 12.1 Å². The molecule has 0 saturated carbocycles. The molecule has 1 atom stereocenters. The minimum Gasteiger partial charge on any atom is -0.382 e. The fraction of sp³-hybridized carbons (Fsp3) is 0.455. The summed E-state index contributed by atoms with van der Waals surface area (Å²) in [6, 6.07) is 4.89. The van der Waals surface area contributed by atoms with Gasteiger partial charge in [-0.25, -0.2) is 4.39 Å². The minimum atomic E-state index is -0.211. The number of ether oxygens (including phenoxy) is 1. The summed E-state index contributed by atoms with van der Waals surface area (Å²) in [4.78, 5) is 0. The zero-order valence-electron chi connectivity index (χ0n) is 8.80. The molecule has 1 N–H and O–H groups in total. The molecule has 0 radical (unpaired) electrons. The van der Waals surface area contributed by atoms with Gasteiger partial charge in [0, 0.05) is 19.3 Å². The van der Waals surface area contributed by atoms with E-state index in [0.29, 0.717) is 6.54 Å². The van der Waals surface area contributed by atoms with Crippen LogP contribution in [-0.4, -0.2) is 19.8 Å². The molecule has 14 heavy (non-hydrogen) atoms. The topological polar surface area (TPSA) is 21.3 Å². The van der Waals surface area contributed by atoms with Crippen LogP contribution in [0.4, 0.5) is 10.1 Å². The van der Waals surface area contributed by atoms with E-state index in [4.69, 9.17) is 4.74 Å². The lowest BCUT2D eigenvalue weighted by Crippen LogP contribution is -2.18. The molecule has 1 rings (SSSR count). The molecular weight excluding hydrogens is 181 g/mol. The molecule has 0 aromatic heterocycles.